The van der Waals surface area contributed by atoms with Crippen LogP contribution < -0.4 is 5.32 Å². The van der Waals surface area contributed by atoms with Gasteiger partial charge in [0.05, 0.1) is 4.88 Å². The molecule has 0 aliphatic carbocycles. The van der Waals surface area contributed by atoms with E-state index in [-0.39, 0.29) is 0 Å². The highest BCUT2D eigenvalue weighted by Gasteiger charge is 2.22. The van der Waals surface area contributed by atoms with Crippen LogP contribution in [0.3, 0.4) is 0 Å². The molecular formula is C13H19NOS. The van der Waals surface area contributed by atoms with Gasteiger partial charge in [-0.2, -0.15) is 0 Å². The first kappa shape index (κ1) is 11.8. The second kappa shape index (κ2) is 5.60. The van der Waals surface area contributed by atoms with E-state index in [1.165, 1.54) is 12.8 Å². The minimum Gasteiger partial charge on any atom is -0.316 e. The van der Waals surface area contributed by atoms with Crippen molar-refractivity contribution in [1.29, 1.82) is 0 Å². The molecule has 0 saturated carbocycles. The van der Waals surface area contributed by atoms with Gasteiger partial charge < -0.3 is 5.32 Å². The number of hydrogen-bond donors (Lipinski definition) is 1. The van der Waals surface area contributed by atoms with E-state index in [1.807, 2.05) is 17.5 Å². The summed E-state index contributed by atoms with van der Waals surface area (Å²) < 4.78 is 0. The van der Waals surface area contributed by atoms with Crippen molar-refractivity contribution in [3.63, 3.8) is 0 Å². The normalized spacial score (nSPS) is 22.9. The molecular weight excluding hydrogens is 218 g/mol. The summed E-state index contributed by atoms with van der Waals surface area (Å²) in [6.45, 7) is 4.43. The SMILES string of the molecule is CC(CC(=O)c1cccs1)C1CCCNC1. The highest BCUT2D eigenvalue weighted by molar-refractivity contribution is 7.12. The maximum absolute atomic E-state index is 11.9. The van der Waals surface area contributed by atoms with Crippen LogP contribution in [0.4, 0.5) is 0 Å². The summed E-state index contributed by atoms with van der Waals surface area (Å²) in [5, 5.41) is 5.39. The molecule has 0 spiro atoms. The number of Topliss-reactive ketones (excluding diaryl/α,β-unsaturated/α-hetero) is 1. The quantitative estimate of drug-likeness (QED) is 0.816. The Morgan fingerprint density at radius 1 is 1.69 bits per heavy atom. The maximum atomic E-state index is 11.9. The van der Waals surface area contributed by atoms with Gasteiger partial charge in [0.1, 0.15) is 0 Å². The molecule has 2 heterocycles. The van der Waals surface area contributed by atoms with Crippen molar-refractivity contribution in [1.82, 2.24) is 5.32 Å². The number of carbonyl (C=O) groups is 1. The Kier molecular flexibility index (Phi) is 4.13. The van der Waals surface area contributed by atoms with Crippen molar-refractivity contribution in [2.24, 2.45) is 11.8 Å². The van der Waals surface area contributed by atoms with Gasteiger partial charge in [0.2, 0.25) is 0 Å². The van der Waals surface area contributed by atoms with Crippen molar-refractivity contribution in [2.75, 3.05) is 13.1 Å². The molecule has 2 rings (SSSR count). The third kappa shape index (κ3) is 2.92. The smallest absolute Gasteiger partial charge is 0.173 e. The van der Waals surface area contributed by atoms with Crippen LogP contribution in [0.2, 0.25) is 0 Å². The fraction of sp³-hybridized carbons (Fsp3) is 0.615. The van der Waals surface area contributed by atoms with E-state index >= 15 is 0 Å². The van der Waals surface area contributed by atoms with Crippen LogP contribution in [0.25, 0.3) is 0 Å². The zero-order valence-electron chi connectivity index (χ0n) is 9.74. The van der Waals surface area contributed by atoms with Crippen LogP contribution in [-0.2, 0) is 0 Å². The van der Waals surface area contributed by atoms with Gasteiger partial charge in [0, 0.05) is 6.42 Å². The van der Waals surface area contributed by atoms with Gasteiger partial charge in [-0.1, -0.05) is 13.0 Å². The van der Waals surface area contributed by atoms with E-state index in [9.17, 15) is 4.79 Å². The highest BCUT2D eigenvalue weighted by Crippen LogP contribution is 2.24. The topological polar surface area (TPSA) is 29.1 Å². The Balaban J connectivity index is 1.86. The van der Waals surface area contributed by atoms with Crippen molar-refractivity contribution in [3.05, 3.63) is 22.4 Å². The molecule has 2 nitrogen and oxygen atoms in total. The first-order valence-electron chi connectivity index (χ1n) is 6.05. The van der Waals surface area contributed by atoms with Crippen LogP contribution in [0.15, 0.2) is 17.5 Å². The zero-order chi connectivity index (χ0) is 11.4. The zero-order valence-corrected chi connectivity index (χ0v) is 10.6. The summed E-state index contributed by atoms with van der Waals surface area (Å²) in [4.78, 5) is 12.9. The molecule has 0 radical (unpaired) electrons. The average molecular weight is 237 g/mol. The van der Waals surface area contributed by atoms with Crippen LogP contribution in [0, 0.1) is 11.8 Å². The fourth-order valence-corrected chi connectivity index (χ4v) is 3.04. The molecule has 1 saturated heterocycles. The summed E-state index contributed by atoms with van der Waals surface area (Å²) in [7, 11) is 0. The first-order chi connectivity index (χ1) is 7.77. The van der Waals surface area contributed by atoms with Crippen LogP contribution in [-0.4, -0.2) is 18.9 Å². The largest absolute Gasteiger partial charge is 0.316 e. The monoisotopic (exact) mass is 237 g/mol. The summed E-state index contributed by atoms with van der Waals surface area (Å²) in [6, 6.07) is 3.88. The Hall–Kier alpha value is -0.670. The van der Waals surface area contributed by atoms with Gasteiger partial charge in [0.25, 0.3) is 0 Å². The van der Waals surface area contributed by atoms with E-state index in [0.717, 1.165) is 18.0 Å². The third-order valence-corrected chi connectivity index (χ3v) is 4.35. The van der Waals surface area contributed by atoms with Crippen LogP contribution >= 0.6 is 11.3 Å². The standard InChI is InChI=1S/C13H19NOS/c1-10(11-4-2-6-14-9-11)8-12(15)13-5-3-7-16-13/h3,5,7,10-11,14H,2,4,6,8-9H2,1H3. The van der Waals surface area contributed by atoms with E-state index in [4.69, 9.17) is 0 Å². The Labute approximate surface area is 101 Å². The lowest BCUT2D eigenvalue weighted by molar-refractivity contribution is 0.0947. The van der Waals surface area contributed by atoms with Gasteiger partial charge in [0.15, 0.2) is 5.78 Å². The maximum Gasteiger partial charge on any atom is 0.173 e. The highest BCUT2D eigenvalue weighted by atomic mass is 32.1. The van der Waals surface area contributed by atoms with Crippen LogP contribution in [0.5, 0.6) is 0 Å². The lowest BCUT2D eigenvalue weighted by Crippen LogP contribution is -2.33. The van der Waals surface area contributed by atoms with E-state index in [0.29, 0.717) is 24.0 Å². The molecule has 16 heavy (non-hydrogen) atoms. The van der Waals surface area contributed by atoms with Gasteiger partial charge in [-0.3, -0.25) is 4.79 Å². The molecule has 1 aromatic rings. The van der Waals surface area contributed by atoms with Crippen molar-refractivity contribution < 1.29 is 4.79 Å². The van der Waals surface area contributed by atoms with Gasteiger partial charge in [-0.25, -0.2) is 0 Å². The van der Waals surface area contributed by atoms with Crippen LogP contribution in [0.1, 0.15) is 35.9 Å². The number of carbonyl (C=O) groups excluding carboxylic acids is 1. The summed E-state index contributed by atoms with van der Waals surface area (Å²) in [6.07, 6.45) is 3.22. The number of nitrogens with one attached hydrogen (secondary N) is 1. The molecule has 1 aliphatic rings. The second-order valence-corrected chi connectivity index (χ2v) is 5.64. The Morgan fingerprint density at radius 3 is 3.19 bits per heavy atom. The van der Waals surface area contributed by atoms with Gasteiger partial charge in [-0.05, 0) is 49.2 Å². The number of thiophene rings is 1. The molecule has 88 valence electrons. The predicted octanol–water partition coefficient (Wildman–Crippen LogP) is 2.96. The van der Waals surface area contributed by atoms with Crippen molar-refractivity contribution in [2.45, 2.75) is 26.2 Å². The van der Waals surface area contributed by atoms with E-state index in [1.54, 1.807) is 11.3 Å². The predicted molar refractivity (Wildman–Crippen MR) is 68.0 cm³/mol. The molecule has 1 aromatic heterocycles. The average Bonchev–Trinajstić information content (AvgIpc) is 2.83. The van der Waals surface area contributed by atoms with Gasteiger partial charge >= 0.3 is 0 Å². The minimum atomic E-state index is 0.313. The summed E-state index contributed by atoms with van der Waals surface area (Å²) >= 11 is 1.55. The molecule has 3 heteroatoms. The minimum absolute atomic E-state index is 0.313. The molecule has 1 fully saturated rings. The third-order valence-electron chi connectivity index (χ3n) is 3.44. The molecule has 2 atom stereocenters. The Morgan fingerprint density at radius 2 is 2.56 bits per heavy atom. The molecule has 1 aliphatic heterocycles. The molecule has 0 aromatic carbocycles. The summed E-state index contributed by atoms with van der Waals surface area (Å²) in [5.74, 6) is 1.49. The fourth-order valence-electron chi connectivity index (χ4n) is 2.36. The molecule has 2 unspecified atom stereocenters. The first-order valence-corrected chi connectivity index (χ1v) is 6.93. The molecule has 0 amide bonds. The molecule has 1 N–H and O–H groups in total. The lowest BCUT2D eigenvalue weighted by Gasteiger charge is -2.27. The van der Waals surface area contributed by atoms with E-state index < -0.39 is 0 Å². The van der Waals surface area contributed by atoms with E-state index in [2.05, 4.69) is 12.2 Å². The van der Waals surface area contributed by atoms with Crippen molar-refractivity contribution in [3.8, 4) is 0 Å². The number of hydrogen-bond acceptors (Lipinski definition) is 3. The lowest BCUT2D eigenvalue weighted by atomic mass is 9.84. The summed E-state index contributed by atoms with van der Waals surface area (Å²) in [5.41, 5.74) is 0. The van der Waals surface area contributed by atoms with Crippen molar-refractivity contribution >= 4 is 17.1 Å². The second-order valence-electron chi connectivity index (χ2n) is 4.69. The molecule has 0 bridgehead atoms. The number of ketones is 1. The number of rotatable bonds is 4. The number of piperidine rings is 1. The van der Waals surface area contributed by atoms with Gasteiger partial charge in [-0.15, -0.1) is 11.3 Å². The Bertz CT molecular complexity index is 328.